The number of aryl methyl sites for hydroxylation is 1. The molecule has 1 N–H and O–H groups in total. The second-order valence-electron chi connectivity index (χ2n) is 5.56. The van der Waals surface area contributed by atoms with E-state index >= 15 is 0 Å². The van der Waals surface area contributed by atoms with Crippen LogP contribution in [0.5, 0.6) is 0 Å². The van der Waals surface area contributed by atoms with Gasteiger partial charge in [0.25, 0.3) is 5.56 Å². The second-order valence-corrected chi connectivity index (χ2v) is 7.24. The Morgan fingerprint density at radius 2 is 2.58 bits per heavy atom. The van der Waals surface area contributed by atoms with E-state index in [1.54, 1.807) is 18.6 Å². The molecular weight excluding hydrogens is 350 g/mol. The molecule has 1 fully saturated rings. The lowest BCUT2D eigenvalue weighted by Crippen LogP contribution is -2.27. The highest BCUT2D eigenvalue weighted by Gasteiger charge is 2.44. The maximum atomic E-state index is 12.0. The molecule has 11 heteroatoms. The van der Waals surface area contributed by atoms with E-state index in [0.717, 1.165) is 19.2 Å². The highest BCUT2D eigenvalue weighted by atomic mass is 32.7. The number of hydrogen-bond acceptors (Lipinski definition) is 7. The number of rotatable bonds is 7. The normalized spacial score (nSPS) is 29.5. The molecule has 1 radical (unpaired) electrons. The number of aromatic amines is 1. The predicted molar refractivity (Wildman–Crippen MR) is 95.8 cm³/mol. The summed E-state index contributed by atoms with van der Waals surface area (Å²) in [6.45, 7) is 3.98. The molecule has 0 amide bonds. The third kappa shape index (κ3) is 3.26. The average Bonchev–Trinajstić information content (AvgIpc) is 3.16. The first-order valence-corrected chi connectivity index (χ1v) is 9.68. The summed E-state index contributed by atoms with van der Waals surface area (Å²) in [7, 11) is 1.30. The maximum Gasteiger partial charge on any atom is 0.279 e. The molecule has 0 saturated carbocycles. The van der Waals surface area contributed by atoms with Crippen LogP contribution in [-0.2, 0) is 13.7 Å². The number of methoxy groups -OCH3 is 1. The van der Waals surface area contributed by atoms with Gasteiger partial charge in [-0.15, -0.1) is 0 Å². The van der Waals surface area contributed by atoms with Gasteiger partial charge >= 0.3 is 0 Å². The Morgan fingerprint density at radius 1 is 1.75 bits per heavy atom. The van der Waals surface area contributed by atoms with E-state index in [9.17, 15) is 4.79 Å². The third-order valence-electron chi connectivity index (χ3n) is 4.13. The van der Waals surface area contributed by atoms with Gasteiger partial charge in [0.2, 0.25) is 0 Å². The minimum absolute atomic E-state index is 0.0167. The fraction of sp³-hybridized carbons (Fsp3) is 0.615. The van der Waals surface area contributed by atoms with Crippen LogP contribution < -0.4 is 5.56 Å². The summed E-state index contributed by atoms with van der Waals surface area (Å²) in [4.78, 5) is 23.2. The van der Waals surface area contributed by atoms with Gasteiger partial charge < -0.3 is 18.6 Å². The molecule has 5 atom stereocenters. The lowest BCUT2D eigenvalue weighted by molar-refractivity contribution is -0.0546. The first-order chi connectivity index (χ1) is 12.5. The monoisotopic (exact) mass is 372 g/mol. The van der Waals surface area contributed by atoms with Crippen LogP contribution in [0.2, 0.25) is 0 Å². The number of nitrogens with one attached hydrogen (secondary N) is 1. The van der Waals surface area contributed by atoms with Crippen molar-refractivity contribution in [2.24, 2.45) is 5.92 Å². The van der Waals surface area contributed by atoms with Crippen LogP contribution in [0, 0.1) is 12.8 Å². The predicted octanol–water partition coefficient (Wildman–Crippen LogP) is 1.05. The summed E-state index contributed by atoms with van der Waals surface area (Å²) in [5.74, 6) is 0.513. The van der Waals surface area contributed by atoms with Crippen molar-refractivity contribution in [2.75, 3.05) is 13.7 Å². The second kappa shape index (κ2) is 7.53. The molecule has 3 heterocycles. The van der Waals surface area contributed by atoms with E-state index in [2.05, 4.69) is 15.0 Å². The zero-order valence-electron chi connectivity index (χ0n) is 15.5. The molecule has 1 aliphatic rings. The maximum absolute atomic E-state index is 12.0. The van der Waals surface area contributed by atoms with Crippen molar-refractivity contribution in [1.82, 2.24) is 19.5 Å². The Labute approximate surface area is 148 Å². The molecule has 2 aromatic rings. The minimum Gasteiger partial charge on any atom is -0.376 e. The molecule has 129 valence electrons. The van der Waals surface area contributed by atoms with Gasteiger partial charge in [-0.25, -0.2) is 9.97 Å². The summed E-state index contributed by atoms with van der Waals surface area (Å²) < 4.78 is 33.5. The number of ether oxygens (including phenoxy) is 2. The van der Waals surface area contributed by atoms with Crippen LogP contribution in [0.1, 0.15) is 19.0 Å². The average molecular weight is 372 g/mol. The molecule has 0 spiro atoms. The van der Waals surface area contributed by atoms with Gasteiger partial charge in [0.05, 0.1) is 20.3 Å². The fourth-order valence-corrected chi connectivity index (χ4v) is 3.57. The van der Waals surface area contributed by atoms with E-state index in [0.29, 0.717) is 11.5 Å². The summed E-state index contributed by atoms with van der Waals surface area (Å²) in [5, 5.41) is 0. The van der Waals surface area contributed by atoms with E-state index in [1.165, 1.54) is 6.33 Å². The van der Waals surface area contributed by atoms with E-state index < -0.39 is 13.8 Å². The standard InChI is InChI=1S/C13H19BN4O4PS/c1-6-8(4-21-24-23-14)22-13(10(6)20-3)18-5-15-9-11(18)16-7(2)17-12(9)19/h5-6,8,10,13-14,23H,4H2,1-3H3,(H,16,17,19)/t6-,8+,10?,13+,23?/m0/s1/i14T,23D. The summed E-state index contributed by atoms with van der Waals surface area (Å²) >= 11 is 0.970. The van der Waals surface area contributed by atoms with Crippen LogP contribution in [0.25, 0.3) is 11.2 Å². The zero-order valence-corrected chi connectivity index (χ0v) is 15.2. The van der Waals surface area contributed by atoms with Crippen molar-refractivity contribution in [3.63, 3.8) is 0 Å². The fourth-order valence-electron chi connectivity index (χ4n) is 2.95. The zero-order chi connectivity index (χ0) is 18.8. The van der Waals surface area contributed by atoms with Crippen LogP contribution in [0.15, 0.2) is 11.1 Å². The molecule has 0 aromatic carbocycles. The van der Waals surface area contributed by atoms with Crippen LogP contribution >= 0.6 is 19.3 Å². The smallest absolute Gasteiger partial charge is 0.279 e. The Morgan fingerprint density at radius 3 is 3.33 bits per heavy atom. The van der Waals surface area contributed by atoms with Gasteiger partial charge in [-0.1, -0.05) is 14.5 Å². The molecule has 8 nitrogen and oxygen atoms in total. The van der Waals surface area contributed by atoms with E-state index in [4.69, 9.17) is 16.3 Å². The van der Waals surface area contributed by atoms with Gasteiger partial charge in [-0.3, -0.25) is 9.36 Å². The Kier molecular flexibility index (Phi) is 4.82. The number of H-pyrrole nitrogens is 1. The van der Waals surface area contributed by atoms with Crippen molar-refractivity contribution in [2.45, 2.75) is 32.3 Å². The van der Waals surface area contributed by atoms with Gasteiger partial charge in [0.1, 0.15) is 19.5 Å². The van der Waals surface area contributed by atoms with Crippen LogP contribution in [-0.4, -0.2) is 55.6 Å². The van der Waals surface area contributed by atoms with E-state index in [-0.39, 0.29) is 35.8 Å². The van der Waals surface area contributed by atoms with Gasteiger partial charge in [-0.05, 0) is 8.26 Å². The number of fused-ring (bicyclic) bond motifs is 1. The van der Waals surface area contributed by atoms with Gasteiger partial charge in [0.15, 0.2) is 17.4 Å². The van der Waals surface area contributed by atoms with Gasteiger partial charge in [-0.2, -0.15) is 0 Å². The summed E-state index contributed by atoms with van der Waals surface area (Å²) in [5.41, 5.74) is 0.403. The molecule has 2 unspecified atom stereocenters. The molecule has 2 aromatic heterocycles. The Hall–Kier alpha value is -0.925. The molecule has 1 aliphatic heterocycles. The Balaban J connectivity index is 1.82. The van der Waals surface area contributed by atoms with Crippen molar-refractivity contribution in [1.29, 1.82) is 2.61 Å². The first kappa shape index (κ1) is 15.3. The first-order valence-electron chi connectivity index (χ1n) is 8.39. The van der Waals surface area contributed by atoms with Crippen molar-refractivity contribution in [3.8, 4) is 0 Å². The number of hydrogen-bond donors (Lipinski definition) is 1. The summed E-state index contributed by atoms with van der Waals surface area (Å²) in [6, 6.07) is 0. The lowest BCUT2D eigenvalue weighted by atomic mass is 10.0. The quantitative estimate of drug-likeness (QED) is 0.441. The molecule has 0 aliphatic carbocycles. The number of aromatic nitrogens is 4. The lowest BCUT2D eigenvalue weighted by Gasteiger charge is -2.20. The van der Waals surface area contributed by atoms with Crippen LogP contribution in [0.4, 0.5) is 0 Å². The van der Waals surface area contributed by atoms with Crippen molar-refractivity contribution < 1.29 is 13.7 Å². The van der Waals surface area contributed by atoms with E-state index in [1.807, 2.05) is 6.92 Å². The topological polar surface area (TPSA) is 91.3 Å². The number of nitrogens with zero attached hydrogens (tertiary/aromatic N) is 3. The van der Waals surface area contributed by atoms with Gasteiger partial charge in [0, 0.05) is 24.7 Å². The Bertz CT molecular complexity index is 827. The molecule has 0 bridgehead atoms. The van der Waals surface area contributed by atoms with Crippen molar-refractivity contribution in [3.05, 3.63) is 22.5 Å². The highest BCUT2D eigenvalue weighted by molar-refractivity contribution is 8.53. The number of imidazole rings is 1. The van der Waals surface area contributed by atoms with Crippen LogP contribution in [0.3, 0.4) is 0 Å². The summed E-state index contributed by atoms with van der Waals surface area (Å²) in [6.07, 6.45) is 0.513. The highest BCUT2D eigenvalue weighted by Crippen LogP contribution is 2.38. The molecule has 1 saturated heterocycles. The van der Waals surface area contributed by atoms with Crippen molar-refractivity contribution >= 4 is 38.0 Å². The minimum atomic E-state index is -1.37. The molecule has 24 heavy (non-hydrogen) atoms. The molecule has 3 rings (SSSR count). The molecular formula is C13H19BN4O4PS. The SMILES string of the molecule is [2H]P([B][3H])SOC[C@H]1O[C@@H](n2cnc3c(=O)[nH]c(C)nc32)C(OC)[C@H]1C. The largest absolute Gasteiger partial charge is 0.376 e. The third-order valence-corrected chi connectivity index (χ3v) is 5.03.